The van der Waals surface area contributed by atoms with E-state index in [-0.39, 0.29) is 24.2 Å². The molecule has 1 heterocycles. The van der Waals surface area contributed by atoms with Crippen molar-refractivity contribution in [3.8, 4) is 5.75 Å². The van der Waals surface area contributed by atoms with E-state index >= 15 is 0 Å². The van der Waals surface area contributed by atoms with Gasteiger partial charge in [0.15, 0.2) is 12.2 Å². The number of ether oxygens (including phenoxy) is 2. The molecule has 4 atom stereocenters. The van der Waals surface area contributed by atoms with E-state index < -0.39 is 30.1 Å². The average molecular weight is 392 g/mol. The smallest absolute Gasteiger partial charge is 0.338 e. The van der Waals surface area contributed by atoms with Crippen LogP contribution in [0.3, 0.4) is 0 Å². The molecule has 8 heteroatoms. The fourth-order valence-corrected chi connectivity index (χ4v) is 2.76. The van der Waals surface area contributed by atoms with Crippen LogP contribution < -0.4 is 10.6 Å². The molecule has 0 aliphatic carbocycles. The zero-order valence-corrected chi connectivity index (χ0v) is 16.4. The van der Waals surface area contributed by atoms with Crippen LogP contribution in [0.2, 0.25) is 0 Å². The zero-order valence-electron chi connectivity index (χ0n) is 16.4. The SMILES string of the molecule is CCOC(=O)C1OC1C(=O)NC(C(=O)NCCc1ccc(O)cc1)C(C)CC. The number of benzene rings is 1. The second-order valence-electron chi connectivity index (χ2n) is 6.81. The molecule has 1 saturated heterocycles. The maximum atomic E-state index is 12.6. The van der Waals surface area contributed by atoms with Gasteiger partial charge in [-0.2, -0.15) is 0 Å². The molecule has 1 aliphatic heterocycles. The van der Waals surface area contributed by atoms with E-state index in [1.165, 1.54) is 0 Å². The second-order valence-corrected chi connectivity index (χ2v) is 6.81. The van der Waals surface area contributed by atoms with Crippen LogP contribution in [0.15, 0.2) is 24.3 Å². The molecular weight excluding hydrogens is 364 g/mol. The van der Waals surface area contributed by atoms with Crippen LogP contribution in [0.4, 0.5) is 0 Å². The first-order valence-corrected chi connectivity index (χ1v) is 9.55. The number of phenolic OH excluding ortho intramolecular Hbond substituents is 1. The van der Waals surface area contributed by atoms with Crippen molar-refractivity contribution < 1.29 is 29.0 Å². The molecule has 0 aromatic heterocycles. The normalized spacial score (nSPS) is 20.0. The third kappa shape index (κ3) is 5.95. The van der Waals surface area contributed by atoms with E-state index in [1.54, 1.807) is 31.2 Å². The lowest BCUT2D eigenvalue weighted by atomic mass is 9.98. The number of hydrogen-bond donors (Lipinski definition) is 3. The first-order chi connectivity index (χ1) is 13.4. The third-order valence-electron chi connectivity index (χ3n) is 4.71. The summed E-state index contributed by atoms with van der Waals surface area (Å²) in [5, 5.41) is 14.8. The van der Waals surface area contributed by atoms with Gasteiger partial charge in [-0.1, -0.05) is 32.4 Å². The number of carbonyl (C=O) groups excluding carboxylic acids is 3. The number of nitrogens with one attached hydrogen (secondary N) is 2. The van der Waals surface area contributed by atoms with Gasteiger partial charge in [0.05, 0.1) is 6.61 Å². The Bertz CT molecular complexity index is 690. The van der Waals surface area contributed by atoms with Gasteiger partial charge in [-0.25, -0.2) is 4.79 Å². The van der Waals surface area contributed by atoms with Crippen LogP contribution in [0, 0.1) is 5.92 Å². The number of aromatic hydroxyl groups is 1. The Morgan fingerprint density at radius 3 is 2.46 bits per heavy atom. The van der Waals surface area contributed by atoms with Gasteiger partial charge < -0.3 is 25.2 Å². The topological polar surface area (TPSA) is 117 Å². The highest BCUT2D eigenvalue weighted by molar-refractivity contribution is 5.95. The lowest BCUT2D eigenvalue weighted by molar-refractivity contribution is -0.144. The molecule has 0 radical (unpaired) electrons. The molecule has 2 amide bonds. The highest BCUT2D eigenvalue weighted by atomic mass is 16.6. The number of rotatable bonds is 10. The van der Waals surface area contributed by atoms with Crippen LogP contribution in [0.25, 0.3) is 0 Å². The van der Waals surface area contributed by atoms with Crippen LogP contribution >= 0.6 is 0 Å². The number of hydrogen-bond acceptors (Lipinski definition) is 6. The van der Waals surface area contributed by atoms with Gasteiger partial charge in [0.2, 0.25) is 5.91 Å². The van der Waals surface area contributed by atoms with Gasteiger partial charge in [0.25, 0.3) is 5.91 Å². The van der Waals surface area contributed by atoms with E-state index in [4.69, 9.17) is 9.47 Å². The summed E-state index contributed by atoms with van der Waals surface area (Å²) in [5.74, 6) is -1.24. The first kappa shape index (κ1) is 21.7. The summed E-state index contributed by atoms with van der Waals surface area (Å²) in [5.41, 5.74) is 0.978. The fraction of sp³-hybridized carbons (Fsp3) is 0.550. The van der Waals surface area contributed by atoms with Gasteiger partial charge >= 0.3 is 5.97 Å². The summed E-state index contributed by atoms with van der Waals surface area (Å²) in [6.45, 7) is 6.10. The van der Waals surface area contributed by atoms with Crippen LogP contribution in [-0.4, -0.2) is 54.3 Å². The Morgan fingerprint density at radius 1 is 1.18 bits per heavy atom. The molecule has 0 bridgehead atoms. The number of esters is 1. The number of carbonyl (C=O) groups is 3. The van der Waals surface area contributed by atoms with Crippen LogP contribution in [-0.2, 0) is 30.3 Å². The molecule has 0 saturated carbocycles. The highest BCUT2D eigenvalue weighted by Crippen LogP contribution is 2.24. The van der Waals surface area contributed by atoms with Crippen molar-refractivity contribution in [1.82, 2.24) is 10.6 Å². The molecule has 0 spiro atoms. The highest BCUT2D eigenvalue weighted by Gasteiger charge is 2.52. The summed E-state index contributed by atoms with van der Waals surface area (Å²) in [6.07, 6.45) is -0.502. The average Bonchev–Trinajstić information content (AvgIpc) is 3.48. The molecule has 28 heavy (non-hydrogen) atoms. The van der Waals surface area contributed by atoms with Gasteiger partial charge in [-0.15, -0.1) is 0 Å². The van der Waals surface area contributed by atoms with E-state index in [9.17, 15) is 19.5 Å². The molecule has 3 N–H and O–H groups in total. The Morgan fingerprint density at radius 2 is 1.86 bits per heavy atom. The molecule has 1 aromatic rings. The molecular formula is C20H28N2O6. The van der Waals surface area contributed by atoms with Crippen molar-refractivity contribution in [3.05, 3.63) is 29.8 Å². The number of epoxide rings is 1. The minimum atomic E-state index is -0.907. The molecule has 4 unspecified atom stereocenters. The Kier molecular flexibility index (Phi) is 7.80. The molecule has 2 rings (SSSR count). The fourth-order valence-electron chi connectivity index (χ4n) is 2.76. The zero-order chi connectivity index (χ0) is 20.7. The van der Waals surface area contributed by atoms with Gasteiger partial charge in [0, 0.05) is 6.54 Å². The monoisotopic (exact) mass is 392 g/mol. The molecule has 1 aromatic carbocycles. The predicted molar refractivity (Wildman–Crippen MR) is 102 cm³/mol. The van der Waals surface area contributed by atoms with Crippen molar-refractivity contribution in [1.29, 1.82) is 0 Å². The van der Waals surface area contributed by atoms with Gasteiger partial charge in [-0.05, 0) is 37.0 Å². The molecule has 154 valence electrons. The number of phenols is 1. The summed E-state index contributed by atoms with van der Waals surface area (Å²) >= 11 is 0. The minimum absolute atomic E-state index is 0.0857. The van der Waals surface area contributed by atoms with E-state index in [2.05, 4.69) is 10.6 Å². The van der Waals surface area contributed by atoms with E-state index in [0.29, 0.717) is 19.4 Å². The largest absolute Gasteiger partial charge is 0.508 e. The van der Waals surface area contributed by atoms with Crippen molar-refractivity contribution in [2.45, 2.75) is 51.9 Å². The Labute approximate surface area is 164 Å². The lowest BCUT2D eigenvalue weighted by Gasteiger charge is -2.23. The minimum Gasteiger partial charge on any atom is -0.508 e. The summed E-state index contributed by atoms with van der Waals surface area (Å²) < 4.78 is 9.93. The summed E-state index contributed by atoms with van der Waals surface area (Å²) in [4.78, 5) is 36.5. The Hall–Kier alpha value is -2.61. The van der Waals surface area contributed by atoms with Crippen molar-refractivity contribution in [2.24, 2.45) is 5.92 Å². The van der Waals surface area contributed by atoms with E-state index in [0.717, 1.165) is 5.56 Å². The predicted octanol–water partition coefficient (Wildman–Crippen LogP) is 0.912. The standard InChI is InChI=1S/C20H28N2O6/c1-4-12(3)15(22-19(25)16-17(28-16)20(26)27-5-2)18(24)21-11-10-13-6-8-14(23)9-7-13/h6-9,12,15-17,23H,4-5,10-11H2,1-3H3,(H,21,24)(H,22,25). The van der Waals surface area contributed by atoms with E-state index in [1.807, 2.05) is 13.8 Å². The van der Waals surface area contributed by atoms with Gasteiger partial charge in [-0.3, -0.25) is 9.59 Å². The summed E-state index contributed by atoms with van der Waals surface area (Å²) in [6, 6.07) is 6.04. The molecule has 1 aliphatic rings. The third-order valence-corrected chi connectivity index (χ3v) is 4.71. The van der Waals surface area contributed by atoms with Crippen molar-refractivity contribution >= 4 is 17.8 Å². The van der Waals surface area contributed by atoms with Gasteiger partial charge in [0.1, 0.15) is 11.8 Å². The maximum Gasteiger partial charge on any atom is 0.338 e. The summed E-state index contributed by atoms with van der Waals surface area (Å²) in [7, 11) is 0. The second kappa shape index (κ2) is 10.1. The van der Waals surface area contributed by atoms with Crippen molar-refractivity contribution in [3.63, 3.8) is 0 Å². The van der Waals surface area contributed by atoms with Crippen molar-refractivity contribution in [2.75, 3.05) is 13.2 Å². The lowest BCUT2D eigenvalue weighted by Crippen LogP contribution is -2.52. The number of amides is 2. The quantitative estimate of drug-likeness (QED) is 0.403. The Balaban J connectivity index is 1.86. The van der Waals surface area contributed by atoms with Crippen LogP contribution in [0.5, 0.6) is 5.75 Å². The first-order valence-electron chi connectivity index (χ1n) is 9.55. The molecule has 1 fully saturated rings. The maximum absolute atomic E-state index is 12.6. The van der Waals surface area contributed by atoms with Crippen LogP contribution in [0.1, 0.15) is 32.8 Å². The molecule has 8 nitrogen and oxygen atoms in total.